The fourth-order valence-electron chi connectivity index (χ4n) is 1.93. The molecule has 5 nitrogen and oxygen atoms in total. The predicted molar refractivity (Wildman–Crippen MR) is 69.0 cm³/mol. The monoisotopic (exact) mass is 256 g/mol. The summed E-state index contributed by atoms with van der Waals surface area (Å²) in [4.78, 5) is 26.6. The molecule has 0 aliphatic rings. The molecule has 1 heterocycles. The molecule has 0 saturated heterocycles. The molecule has 0 bridgehead atoms. The molecule has 3 N–H and O–H groups in total. The van der Waals surface area contributed by atoms with Crippen LogP contribution in [0.3, 0.4) is 0 Å². The first-order chi connectivity index (χ1) is 9.09. The molecule has 1 amide bonds. The Morgan fingerprint density at radius 1 is 1.21 bits per heavy atom. The number of rotatable bonds is 4. The maximum Gasteiger partial charge on any atom is 0.336 e. The van der Waals surface area contributed by atoms with Crippen molar-refractivity contribution in [3.63, 3.8) is 0 Å². The molecule has 0 atom stereocenters. The smallest absolute Gasteiger partial charge is 0.336 e. The number of hydrogen-bond acceptors (Lipinski definition) is 3. The van der Waals surface area contributed by atoms with Crippen molar-refractivity contribution in [2.24, 2.45) is 5.73 Å². The van der Waals surface area contributed by atoms with E-state index in [0.29, 0.717) is 12.0 Å². The number of primary amides is 1. The van der Waals surface area contributed by atoms with Crippen LogP contribution in [0.25, 0.3) is 0 Å². The Bertz CT molecular complexity index is 624. The first-order valence-electron chi connectivity index (χ1n) is 5.63. The lowest BCUT2D eigenvalue weighted by Crippen LogP contribution is -2.18. The Balaban J connectivity index is 2.48. The molecular weight excluding hydrogens is 244 g/mol. The van der Waals surface area contributed by atoms with Gasteiger partial charge in [0, 0.05) is 12.4 Å². The molecule has 19 heavy (non-hydrogen) atoms. The largest absolute Gasteiger partial charge is 0.478 e. The highest BCUT2D eigenvalue weighted by atomic mass is 16.4. The summed E-state index contributed by atoms with van der Waals surface area (Å²) < 4.78 is 0. The van der Waals surface area contributed by atoms with Crippen LogP contribution in [-0.2, 0) is 6.42 Å². The number of aromatic carboxylic acids is 1. The predicted octanol–water partition coefficient (Wildman–Crippen LogP) is 1.47. The van der Waals surface area contributed by atoms with Crippen molar-refractivity contribution < 1.29 is 14.7 Å². The Hall–Kier alpha value is -2.69. The van der Waals surface area contributed by atoms with Crippen LogP contribution in [0.5, 0.6) is 0 Å². The fraction of sp³-hybridized carbons (Fsp3) is 0.0714. The number of nitrogens with zero attached hydrogens (tertiary/aromatic N) is 1. The lowest BCUT2D eigenvalue weighted by Gasteiger charge is -2.09. The second-order valence-electron chi connectivity index (χ2n) is 4.05. The van der Waals surface area contributed by atoms with E-state index >= 15 is 0 Å². The van der Waals surface area contributed by atoms with Gasteiger partial charge in [0.1, 0.15) is 0 Å². The highest BCUT2D eigenvalue weighted by Crippen LogP contribution is 2.18. The quantitative estimate of drug-likeness (QED) is 0.866. The molecule has 0 unspecified atom stereocenters. The minimum Gasteiger partial charge on any atom is -0.478 e. The van der Waals surface area contributed by atoms with Crippen LogP contribution in [0.4, 0.5) is 0 Å². The minimum atomic E-state index is -1.16. The third-order valence-electron chi connectivity index (χ3n) is 2.75. The van der Waals surface area contributed by atoms with Crippen molar-refractivity contribution in [3.05, 3.63) is 65.0 Å². The van der Waals surface area contributed by atoms with Crippen LogP contribution in [-0.4, -0.2) is 22.0 Å². The molecule has 0 saturated carbocycles. The standard InChI is InChI=1S/C14H12N2O3/c15-13(17)11-5-1-4-10(12(11)14(18)19)7-9-3-2-6-16-8-9/h1-6,8H,7H2,(H2,15,17)(H,18,19). The number of carboxylic acids is 1. The summed E-state index contributed by atoms with van der Waals surface area (Å²) in [5.41, 5.74) is 6.59. The van der Waals surface area contributed by atoms with Crippen molar-refractivity contribution >= 4 is 11.9 Å². The van der Waals surface area contributed by atoms with E-state index in [1.807, 2.05) is 6.07 Å². The molecule has 0 aliphatic heterocycles. The average Bonchev–Trinajstić information content (AvgIpc) is 2.39. The average molecular weight is 256 g/mol. The van der Waals surface area contributed by atoms with Gasteiger partial charge in [-0.1, -0.05) is 18.2 Å². The third kappa shape index (κ3) is 2.77. The van der Waals surface area contributed by atoms with Crippen LogP contribution in [0.2, 0.25) is 0 Å². The van der Waals surface area contributed by atoms with Crippen LogP contribution in [0.15, 0.2) is 42.7 Å². The number of benzene rings is 1. The number of carbonyl (C=O) groups excluding carboxylic acids is 1. The van der Waals surface area contributed by atoms with Crippen molar-refractivity contribution in [2.75, 3.05) is 0 Å². The van der Waals surface area contributed by atoms with Gasteiger partial charge in [0.25, 0.3) is 0 Å². The maximum absolute atomic E-state index is 11.3. The molecule has 1 aromatic heterocycles. The molecule has 0 radical (unpaired) electrons. The van der Waals surface area contributed by atoms with Gasteiger partial charge in [-0.2, -0.15) is 0 Å². The molecular formula is C14H12N2O3. The van der Waals surface area contributed by atoms with E-state index in [1.165, 1.54) is 6.07 Å². The minimum absolute atomic E-state index is 0.0221. The lowest BCUT2D eigenvalue weighted by atomic mass is 9.96. The Labute approximate surface area is 109 Å². The second-order valence-corrected chi connectivity index (χ2v) is 4.05. The van der Waals surface area contributed by atoms with Crippen LogP contribution >= 0.6 is 0 Å². The van der Waals surface area contributed by atoms with E-state index in [0.717, 1.165) is 5.56 Å². The molecule has 0 spiro atoms. The number of nitrogens with two attached hydrogens (primary N) is 1. The summed E-state index contributed by atoms with van der Waals surface area (Å²) in [6, 6.07) is 8.32. The van der Waals surface area contributed by atoms with Crippen molar-refractivity contribution in [2.45, 2.75) is 6.42 Å². The third-order valence-corrected chi connectivity index (χ3v) is 2.75. The normalized spacial score (nSPS) is 10.1. The Morgan fingerprint density at radius 3 is 2.58 bits per heavy atom. The summed E-state index contributed by atoms with van der Waals surface area (Å²) in [6.07, 6.45) is 3.68. The fourth-order valence-corrected chi connectivity index (χ4v) is 1.93. The maximum atomic E-state index is 11.3. The number of carboxylic acid groups (broad SMARTS) is 1. The van der Waals surface area contributed by atoms with E-state index in [1.54, 1.807) is 30.6 Å². The summed E-state index contributed by atoms with van der Waals surface area (Å²) in [5, 5.41) is 9.25. The van der Waals surface area contributed by atoms with E-state index < -0.39 is 11.9 Å². The highest BCUT2D eigenvalue weighted by Gasteiger charge is 2.18. The Morgan fingerprint density at radius 2 is 2.00 bits per heavy atom. The zero-order valence-corrected chi connectivity index (χ0v) is 10.0. The first kappa shape index (κ1) is 12.8. The summed E-state index contributed by atoms with van der Waals surface area (Å²) in [5.74, 6) is -1.90. The van der Waals surface area contributed by atoms with Gasteiger partial charge in [-0.3, -0.25) is 9.78 Å². The van der Waals surface area contributed by atoms with Crippen LogP contribution in [0, 0.1) is 0 Å². The van der Waals surface area contributed by atoms with Crippen LogP contribution < -0.4 is 5.73 Å². The van der Waals surface area contributed by atoms with Gasteiger partial charge in [0.15, 0.2) is 0 Å². The summed E-state index contributed by atoms with van der Waals surface area (Å²) >= 11 is 0. The number of hydrogen-bond donors (Lipinski definition) is 2. The highest BCUT2D eigenvalue weighted by molar-refractivity contribution is 6.05. The van der Waals surface area contributed by atoms with Crippen LogP contribution in [0.1, 0.15) is 31.8 Å². The first-order valence-corrected chi connectivity index (χ1v) is 5.63. The van der Waals surface area contributed by atoms with E-state index in [-0.39, 0.29) is 11.1 Å². The molecule has 2 aromatic rings. The van der Waals surface area contributed by atoms with E-state index in [9.17, 15) is 14.7 Å². The van der Waals surface area contributed by atoms with Gasteiger partial charge in [0.05, 0.1) is 11.1 Å². The molecule has 0 aliphatic carbocycles. The van der Waals surface area contributed by atoms with Gasteiger partial charge in [-0.05, 0) is 29.7 Å². The van der Waals surface area contributed by atoms with Gasteiger partial charge >= 0.3 is 5.97 Å². The summed E-state index contributed by atoms with van der Waals surface area (Å²) in [6.45, 7) is 0. The molecule has 96 valence electrons. The van der Waals surface area contributed by atoms with Gasteiger partial charge in [0.2, 0.25) is 5.91 Å². The molecule has 1 aromatic carbocycles. The number of amides is 1. The summed E-state index contributed by atoms with van der Waals surface area (Å²) in [7, 11) is 0. The lowest BCUT2D eigenvalue weighted by molar-refractivity contribution is 0.0691. The van der Waals surface area contributed by atoms with Gasteiger partial charge < -0.3 is 10.8 Å². The van der Waals surface area contributed by atoms with Crippen molar-refractivity contribution in [3.8, 4) is 0 Å². The van der Waals surface area contributed by atoms with Gasteiger partial charge in [-0.25, -0.2) is 4.79 Å². The van der Waals surface area contributed by atoms with E-state index in [4.69, 9.17) is 5.73 Å². The number of pyridine rings is 1. The zero-order chi connectivity index (χ0) is 13.8. The second kappa shape index (κ2) is 5.30. The number of aromatic nitrogens is 1. The SMILES string of the molecule is NC(=O)c1cccc(Cc2cccnc2)c1C(=O)O. The topological polar surface area (TPSA) is 93.3 Å². The molecule has 5 heteroatoms. The van der Waals surface area contributed by atoms with E-state index in [2.05, 4.69) is 4.98 Å². The van der Waals surface area contributed by atoms with Crippen molar-refractivity contribution in [1.29, 1.82) is 0 Å². The molecule has 0 fully saturated rings. The number of carbonyl (C=O) groups is 2. The zero-order valence-electron chi connectivity index (χ0n) is 10.0. The van der Waals surface area contributed by atoms with Crippen molar-refractivity contribution in [1.82, 2.24) is 4.98 Å². The molecule has 2 rings (SSSR count). The van der Waals surface area contributed by atoms with Gasteiger partial charge in [-0.15, -0.1) is 0 Å². The Kier molecular flexibility index (Phi) is 3.56.